The minimum absolute atomic E-state index is 0.584. The third kappa shape index (κ3) is 15.7. The van der Waals surface area contributed by atoms with Crippen LogP contribution in [0.1, 0.15) is 19.8 Å². The summed E-state index contributed by atoms with van der Waals surface area (Å²) in [5.41, 5.74) is 4.50. The zero-order valence-corrected chi connectivity index (χ0v) is 14.6. The summed E-state index contributed by atoms with van der Waals surface area (Å²) in [5.74, 6) is 1.04. The maximum Gasteiger partial charge on any atom is 0.111 e. The van der Waals surface area contributed by atoms with E-state index in [-0.39, 0.29) is 0 Å². The number of allylic oxidation sites excluding steroid dienone is 4. The Kier molecular flexibility index (Phi) is 18.4. The largest absolute Gasteiger partial charge is 0.496 e. The fourth-order valence-electron chi connectivity index (χ4n) is 1.74. The van der Waals surface area contributed by atoms with E-state index in [4.69, 9.17) is 23.7 Å². The molecular formula is C17H33NO5. The molecule has 2 N–H and O–H groups in total. The number of rotatable bonds is 14. The fraction of sp³-hybridized carbons (Fsp3) is 0.765. The Hall–Kier alpha value is -0.920. The van der Waals surface area contributed by atoms with Crippen molar-refractivity contribution >= 4 is 0 Å². The lowest BCUT2D eigenvalue weighted by Crippen LogP contribution is -2.13. The van der Waals surface area contributed by atoms with Crippen molar-refractivity contribution in [2.75, 3.05) is 66.5 Å². The van der Waals surface area contributed by atoms with E-state index in [2.05, 4.69) is 11.8 Å². The van der Waals surface area contributed by atoms with E-state index in [9.17, 15) is 0 Å². The standard InChI is InChI=1S/C16H28O5.CH5N/c1-2-17-8-9-18-10-11-19-12-13-20-14-15-21-16-6-4-3-5-7-16;1-2/h3-4,6H,2,5,7-15H2,1H3;2H2,1H3. The van der Waals surface area contributed by atoms with Crippen LogP contribution in [-0.2, 0) is 23.7 Å². The quantitative estimate of drug-likeness (QED) is 0.490. The molecule has 0 aromatic rings. The second-order valence-corrected chi connectivity index (χ2v) is 4.48. The molecule has 0 amide bonds. The monoisotopic (exact) mass is 331 g/mol. The van der Waals surface area contributed by atoms with Crippen LogP contribution in [0.25, 0.3) is 0 Å². The smallest absolute Gasteiger partial charge is 0.111 e. The second-order valence-electron chi connectivity index (χ2n) is 4.48. The number of nitrogens with two attached hydrogens (primary N) is 1. The highest BCUT2D eigenvalue weighted by molar-refractivity contribution is 5.12. The summed E-state index contributed by atoms with van der Waals surface area (Å²) in [6.45, 7) is 7.51. The first-order chi connectivity index (χ1) is 11.4. The Morgan fingerprint density at radius 2 is 1.35 bits per heavy atom. The molecular weight excluding hydrogens is 298 g/mol. The summed E-state index contributed by atoms with van der Waals surface area (Å²) in [4.78, 5) is 0. The van der Waals surface area contributed by atoms with Crippen LogP contribution < -0.4 is 5.73 Å². The lowest BCUT2D eigenvalue weighted by Gasteiger charge is -2.11. The van der Waals surface area contributed by atoms with E-state index >= 15 is 0 Å². The average molecular weight is 331 g/mol. The molecule has 1 aliphatic rings. The van der Waals surface area contributed by atoms with Crippen molar-refractivity contribution in [1.82, 2.24) is 0 Å². The van der Waals surface area contributed by atoms with Gasteiger partial charge in [0.05, 0.1) is 52.0 Å². The van der Waals surface area contributed by atoms with Gasteiger partial charge in [0, 0.05) is 13.0 Å². The molecule has 0 aromatic heterocycles. The normalized spacial score (nSPS) is 13.3. The van der Waals surface area contributed by atoms with Crippen molar-refractivity contribution in [3.63, 3.8) is 0 Å². The van der Waals surface area contributed by atoms with E-state index < -0.39 is 0 Å². The summed E-state index contributed by atoms with van der Waals surface area (Å²) in [7, 11) is 1.50. The van der Waals surface area contributed by atoms with Crippen LogP contribution in [0, 0.1) is 0 Å². The third-order valence-electron chi connectivity index (χ3n) is 2.81. The molecule has 0 bridgehead atoms. The van der Waals surface area contributed by atoms with Gasteiger partial charge < -0.3 is 29.4 Å². The van der Waals surface area contributed by atoms with E-state index in [1.165, 1.54) is 7.05 Å². The highest BCUT2D eigenvalue weighted by Crippen LogP contribution is 2.12. The molecule has 0 atom stereocenters. The van der Waals surface area contributed by atoms with Crippen LogP contribution in [0.15, 0.2) is 24.0 Å². The Bertz CT molecular complexity index is 295. The first kappa shape index (κ1) is 22.1. The van der Waals surface area contributed by atoms with Gasteiger partial charge in [-0.1, -0.05) is 12.2 Å². The van der Waals surface area contributed by atoms with Crippen LogP contribution in [0.3, 0.4) is 0 Å². The summed E-state index contributed by atoms with van der Waals surface area (Å²) >= 11 is 0. The maximum atomic E-state index is 5.59. The Labute approximate surface area is 140 Å². The molecule has 0 fully saturated rings. The second kappa shape index (κ2) is 19.1. The minimum Gasteiger partial charge on any atom is -0.496 e. The van der Waals surface area contributed by atoms with Gasteiger partial charge in [0.1, 0.15) is 6.61 Å². The molecule has 0 aromatic carbocycles. The van der Waals surface area contributed by atoms with E-state index in [1.54, 1.807) is 0 Å². The van der Waals surface area contributed by atoms with E-state index in [0.717, 1.165) is 25.2 Å². The molecule has 1 rings (SSSR count). The molecule has 0 heterocycles. The molecule has 0 saturated heterocycles. The molecule has 0 aliphatic heterocycles. The SMILES string of the molecule is CCOCCOCCOCCOCCOC1=CC=CCC1.CN. The molecule has 136 valence electrons. The van der Waals surface area contributed by atoms with Crippen molar-refractivity contribution in [2.45, 2.75) is 19.8 Å². The van der Waals surface area contributed by atoms with Gasteiger partial charge in [-0.2, -0.15) is 0 Å². The molecule has 23 heavy (non-hydrogen) atoms. The van der Waals surface area contributed by atoms with Crippen LogP contribution in [-0.4, -0.2) is 66.5 Å². The fourth-order valence-corrected chi connectivity index (χ4v) is 1.74. The first-order valence-electron chi connectivity index (χ1n) is 8.30. The topological polar surface area (TPSA) is 72.2 Å². The number of ether oxygens (including phenoxy) is 5. The zero-order chi connectivity index (χ0) is 17.0. The minimum atomic E-state index is 0.584. The molecule has 0 spiro atoms. The molecule has 6 nitrogen and oxygen atoms in total. The van der Waals surface area contributed by atoms with Crippen molar-refractivity contribution in [3.05, 3.63) is 24.0 Å². The summed E-state index contributed by atoms with van der Waals surface area (Å²) in [5, 5.41) is 0. The highest BCUT2D eigenvalue weighted by atomic mass is 16.6. The Balaban J connectivity index is 0.00000232. The van der Waals surface area contributed by atoms with E-state index in [0.29, 0.717) is 52.9 Å². The van der Waals surface area contributed by atoms with Crippen LogP contribution >= 0.6 is 0 Å². The number of hydrogen-bond donors (Lipinski definition) is 1. The Morgan fingerprint density at radius 1 is 0.826 bits per heavy atom. The summed E-state index contributed by atoms with van der Waals surface area (Å²) in [6.07, 6.45) is 8.24. The van der Waals surface area contributed by atoms with Crippen LogP contribution in [0.2, 0.25) is 0 Å². The van der Waals surface area contributed by atoms with Crippen molar-refractivity contribution < 1.29 is 23.7 Å². The summed E-state index contributed by atoms with van der Waals surface area (Å²) < 4.78 is 26.9. The molecule has 1 aliphatic carbocycles. The predicted molar refractivity (Wildman–Crippen MR) is 91.5 cm³/mol. The van der Waals surface area contributed by atoms with Crippen LogP contribution in [0.4, 0.5) is 0 Å². The van der Waals surface area contributed by atoms with Crippen molar-refractivity contribution in [1.29, 1.82) is 0 Å². The number of hydrogen-bond acceptors (Lipinski definition) is 6. The maximum absolute atomic E-state index is 5.59. The molecule has 6 heteroatoms. The van der Waals surface area contributed by atoms with Gasteiger partial charge >= 0.3 is 0 Å². The van der Waals surface area contributed by atoms with Gasteiger partial charge in [-0.25, -0.2) is 0 Å². The summed E-state index contributed by atoms with van der Waals surface area (Å²) in [6, 6.07) is 0. The zero-order valence-electron chi connectivity index (χ0n) is 14.6. The molecule has 0 radical (unpaired) electrons. The molecule has 0 saturated carbocycles. The first-order valence-corrected chi connectivity index (χ1v) is 8.30. The van der Waals surface area contributed by atoms with Gasteiger partial charge in [-0.3, -0.25) is 0 Å². The van der Waals surface area contributed by atoms with Gasteiger partial charge in [-0.05, 0) is 26.5 Å². The highest BCUT2D eigenvalue weighted by Gasteiger charge is 1.99. The van der Waals surface area contributed by atoms with Gasteiger partial charge in [-0.15, -0.1) is 0 Å². The average Bonchev–Trinajstić information content (AvgIpc) is 2.61. The predicted octanol–water partition coefficient (Wildman–Crippen LogP) is 1.90. The molecule has 0 unspecified atom stereocenters. The Morgan fingerprint density at radius 3 is 1.83 bits per heavy atom. The van der Waals surface area contributed by atoms with Crippen LogP contribution in [0.5, 0.6) is 0 Å². The lowest BCUT2D eigenvalue weighted by atomic mass is 10.2. The third-order valence-corrected chi connectivity index (χ3v) is 2.81. The lowest BCUT2D eigenvalue weighted by molar-refractivity contribution is -0.00633. The van der Waals surface area contributed by atoms with Gasteiger partial charge in [0.25, 0.3) is 0 Å². The van der Waals surface area contributed by atoms with Gasteiger partial charge in [0.2, 0.25) is 0 Å². The van der Waals surface area contributed by atoms with Crippen molar-refractivity contribution in [3.8, 4) is 0 Å². The van der Waals surface area contributed by atoms with Crippen molar-refractivity contribution in [2.24, 2.45) is 5.73 Å². The van der Waals surface area contributed by atoms with Gasteiger partial charge in [0.15, 0.2) is 0 Å². The van der Waals surface area contributed by atoms with E-state index in [1.807, 2.05) is 19.1 Å².